The molecule has 1 amide bonds. The molecule has 0 spiro atoms. The summed E-state index contributed by atoms with van der Waals surface area (Å²) < 4.78 is 5.44. The predicted molar refractivity (Wildman–Crippen MR) is 96.6 cm³/mol. The molecule has 0 saturated carbocycles. The van der Waals surface area contributed by atoms with Gasteiger partial charge < -0.3 is 9.64 Å². The average molecular weight is 344 g/mol. The molecule has 2 aliphatic rings. The largest absolute Gasteiger partial charge is 0.381 e. The Balaban J connectivity index is 1.47. The molecule has 1 atom stereocenters. The van der Waals surface area contributed by atoms with Crippen LogP contribution in [0.3, 0.4) is 0 Å². The van der Waals surface area contributed by atoms with Gasteiger partial charge in [-0.3, -0.25) is 14.5 Å². The van der Waals surface area contributed by atoms with Crippen molar-refractivity contribution in [3.8, 4) is 0 Å². The number of carbonyl (C=O) groups excluding carboxylic acids is 2. The minimum atomic E-state index is 0.0439. The van der Waals surface area contributed by atoms with E-state index >= 15 is 0 Å². The summed E-state index contributed by atoms with van der Waals surface area (Å²) >= 11 is 0. The van der Waals surface area contributed by atoms with E-state index in [1.807, 2.05) is 35.2 Å². The lowest BCUT2D eigenvalue weighted by Gasteiger charge is -2.44. The molecule has 5 nitrogen and oxygen atoms in total. The molecule has 2 fully saturated rings. The molecule has 0 bridgehead atoms. The van der Waals surface area contributed by atoms with Gasteiger partial charge in [-0.1, -0.05) is 30.3 Å². The number of rotatable bonds is 5. The molecule has 5 heteroatoms. The highest BCUT2D eigenvalue weighted by atomic mass is 16.5. The molecule has 0 unspecified atom stereocenters. The van der Waals surface area contributed by atoms with E-state index < -0.39 is 0 Å². The van der Waals surface area contributed by atoms with Crippen molar-refractivity contribution in [3.05, 3.63) is 35.9 Å². The fourth-order valence-electron chi connectivity index (χ4n) is 3.87. The molecule has 25 heavy (non-hydrogen) atoms. The number of hydrogen-bond acceptors (Lipinski definition) is 4. The second-order valence-corrected chi connectivity index (χ2v) is 7.06. The van der Waals surface area contributed by atoms with Crippen molar-refractivity contribution >= 4 is 11.7 Å². The molecule has 136 valence electrons. The average Bonchev–Trinajstić information content (AvgIpc) is 2.67. The summed E-state index contributed by atoms with van der Waals surface area (Å²) in [6.07, 6.45) is 2.77. The third-order valence-electron chi connectivity index (χ3n) is 5.35. The minimum Gasteiger partial charge on any atom is -0.381 e. The molecule has 0 aliphatic carbocycles. The number of ketones is 1. The zero-order valence-electron chi connectivity index (χ0n) is 15.0. The maximum atomic E-state index is 12.6. The number of Topliss-reactive ketones (excluding diaryl/α,β-unsaturated/α-hetero) is 1. The van der Waals surface area contributed by atoms with Crippen LogP contribution in [-0.2, 0) is 9.53 Å². The van der Waals surface area contributed by atoms with Crippen LogP contribution in [0.1, 0.15) is 43.0 Å². The SMILES string of the molecule is C[C@@H]1CN(C2CCOCC2)CCN1C(=O)CCC(=O)c1ccccc1. The van der Waals surface area contributed by atoms with E-state index in [4.69, 9.17) is 4.74 Å². The van der Waals surface area contributed by atoms with Crippen molar-refractivity contribution in [3.63, 3.8) is 0 Å². The van der Waals surface area contributed by atoms with E-state index in [9.17, 15) is 9.59 Å². The van der Waals surface area contributed by atoms with Crippen LogP contribution in [-0.4, -0.2) is 66.4 Å². The zero-order chi connectivity index (χ0) is 17.6. The summed E-state index contributed by atoms with van der Waals surface area (Å²) in [6, 6.07) is 10.0. The van der Waals surface area contributed by atoms with Crippen molar-refractivity contribution in [1.82, 2.24) is 9.80 Å². The van der Waals surface area contributed by atoms with Gasteiger partial charge in [-0.2, -0.15) is 0 Å². The van der Waals surface area contributed by atoms with Crippen LogP contribution >= 0.6 is 0 Å². The number of carbonyl (C=O) groups is 2. The van der Waals surface area contributed by atoms with E-state index in [1.165, 1.54) is 0 Å². The number of nitrogens with zero attached hydrogens (tertiary/aromatic N) is 2. The number of hydrogen-bond donors (Lipinski definition) is 0. The van der Waals surface area contributed by atoms with Gasteiger partial charge in [-0.25, -0.2) is 0 Å². The second kappa shape index (κ2) is 8.59. The third-order valence-corrected chi connectivity index (χ3v) is 5.35. The molecule has 0 radical (unpaired) electrons. The third kappa shape index (κ3) is 4.67. The normalized spacial score (nSPS) is 22.8. The molecule has 1 aromatic rings. The van der Waals surface area contributed by atoms with Crippen LogP contribution in [0.5, 0.6) is 0 Å². The van der Waals surface area contributed by atoms with Crippen molar-refractivity contribution in [1.29, 1.82) is 0 Å². The van der Waals surface area contributed by atoms with E-state index in [0.717, 1.165) is 45.7 Å². The predicted octanol–water partition coefficient (Wildman–Crippen LogP) is 2.36. The lowest BCUT2D eigenvalue weighted by molar-refractivity contribution is -0.136. The summed E-state index contributed by atoms with van der Waals surface area (Å²) in [7, 11) is 0. The van der Waals surface area contributed by atoms with Gasteiger partial charge >= 0.3 is 0 Å². The quantitative estimate of drug-likeness (QED) is 0.770. The molecule has 0 N–H and O–H groups in total. The minimum absolute atomic E-state index is 0.0439. The maximum Gasteiger partial charge on any atom is 0.223 e. The first-order chi connectivity index (χ1) is 12.1. The zero-order valence-corrected chi connectivity index (χ0v) is 15.0. The Kier molecular flexibility index (Phi) is 6.21. The highest BCUT2D eigenvalue weighted by Gasteiger charge is 2.31. The number of amides is 1. The summed E-state index contributed by atoms with van der Waals surface area (Å²) in [6.45, 7) is 6.41. The van der Waals surface area contributed by atoms with Crippen molar-refractivity contribution in [2.24, 2.45) is 0 Å². The Labute approximate surface area is 149 Å². The molecule has 0 aromatic heterocycles. The Morgan fingerprint density at radius 3 is 2.48 bits per heavy atom. The van der Waals surface area contributed by atoms with Gasteiger partial charge in [0.25, 0.3) is 0 Å². The van der Waals surface area contributed by atoms with Gasteiger partial charge in [0.15, 0.2) is 5.78 Å². The lowest BCUT2D eigenvalue weighted by atomic mass is 10.0. The highest BCUT2D eigenvalue weighted by molar-refractivity contribution is 5.97. The van der Waals surface area contributed by atoms with Gasteiger partial charge in [-0.05, 0) is 19.8 Å². The Bertz CT molecular complexity index is 584. The van der Waals surface area contributed by atoms with E-state index in [2.05, 4.69) is 11.8 Å². The number of ether oxygens (including phenoxy) is 1. The molecule has 3 rings (SSSR count). The van der Waals surface area contributed by atoms with E-state index in [0.29, 0.717) is 18.0 Å². The van der Waals surface area contributed by atoms with Gasteiger partial charge in [0, 0.05) is 63.3 Å². The standard InChI is InChI=1S/C20H28N2O3/c1-16-15-21(18-9-13-25-14-10-18)11-12-22(16)20(24)8-7-19(23)17-5-3-2-4-6-17/h2-6,16,18H,7-15H2,1H3/t16-/m1/s1. The first kappa shape index (κ1) is 18.1. The Morgan fingerprint density at radius 2 is 1.80 bits per heavy atom. The molecule has 2 heterocycles. The molecule has 2 aliphatic heterocycles. The van der Waals surface area contributed by atoms with Crippen LogP contribution in [0, 0.1) is 0 Å². The Hall–Kier alpha value is -1.72. The fourth-order valence-corrected chi connectivity index (χ4v) is 3.87. The van der Waals surface area contributed by atoms with Crippen molar-refractivity contribution in [2.45, 2.75) is 44.7 Å². The van der Waals surface area contributed by atoms with Crippen LogP contribution < -0.4 is 0 Å². The van der Waals surface area contributed by atoms with Gasteiger partial charge in [0.1, 0.15) is 0 Å². The summed E-state index contributed by atoms with van der Waals surface area (Å²) in [5.41, 5.74) is 0.688. The van der Waals surface area contributed by atoms with Crippen LogP contribution in [0.4, 0.5) is 0 Å². The van der Waals surface area contributed by atoms with Crippen LogP contribution in [0.2, 0.25) is 0 Å². The first-order valence-corrected chi connectivity index (χ1v) is 9.34. The van der Waals surface area contributed by atoms with Crippen LogP contribution in [0.15, 0.2) is 30.3 Å². The van der Waals surface area contributed by atoms with E-state index in [-0.39, 0.29) is 24.2 Å². The molecular weight excluding hydrogens is 316 g/mol. The molecule has 2 saturated heterocycles. The molecular formula is C20H28N2O3. The van der Waals surface area contributed by atoms with Crippen molar-refractivity contribution < 1.29 is 14.3 Å². The Morgan fingerprint density at radius 1 is 1.08 bits per heavy atom. The second-order valence-electron chi connectivity index (χ2n) is 7.06. The van der Waals surface area contributed by atoms with Gasteiger partial charge in [0.2, 0.25) is 5.91 Å². The first-order valence-electron chi connectivity index (χ1n) is 9.34. The van der Waals surface area contributed by atoms with Gasteiger partial charge in [0.05, 0.1) is 0 Å². The summed E-state index contributed by atoms with van der Waals surface area (Å²) in [4.78, 5) is 29.2. The summed E-state index contributed by atoms with van der Waals surface area (Å²) in [5.74, 6) is 0.144. The topological polar surface area (TPSA) is 49.9 Å². The summed E-state index contributed by atoms with van der Waals surface area (Å²) in [5, 5.41) is 0. The van der Waals surface area contributed by atoms with E-state index in [1.54, 1.807) is 0 Å². The molecule has 1 aromatic carbocycles. The fraction of sp³-hybridized carbons (Fsp3) is 0.600. The monoisotopic (exact) mass is 344 g/mol. The van der Waals surface area contributed by atoms with Gasteiger partial charge in [-0.15, -0.1) is 0 Å². The maximum absolute atomic E-state index is 12.6. The number of piperazine rings is 1. The van der Waals surface area contributed by atoms with Crippen LogP contribution in [0.25, 0.3) is 0 Å². The lowest BCUT2D eigenvalue weighted by Crippen LogP contribution is -2.57. The highest BCUT2D eigenvalue weighted by Crippen LogP contribution is 2.20. The smallest absolute Gasteiger partial charge is 0.223 e. The number of benzene rings is 1. The van der Waals surface area contributed by atoms with Crippen molar-refractivity contribution in [2.75, 3.05) is 32.8 Å².